The van der Waals surface area contributed by atoms with Gasteiger partial charge in [0, 0.05) is 11.0 Å². The Morgan fingerprint density at radius 2 is 1.84 bits per heavy atom. The molecule has 0 aromatic heterocycles. The molecule has 2 aromatic rings. The quantitative estimate of drug-likeness (QED) is 0.828. The van der Waals surface area contributed by atoms with Gasteiger partial charge in [0.05, 0.1) is 5.69 Å². The SMILES string of the molecule is Fc1cc(Br)ccc1NCc1ccc(C2CC2)cc1. The summed E-state index contributed by atoms with van der Waals surface area (Å²) in [5.74, 6) is 0.551. The molecule has 0 atom stereocenters. The lowest BCUT2D eigenvalue weighted by Gasteiger charge is -2.08. The van der Waals surface area contributed by atoms with Crippen LogP contribution in [0.3, 0.4) is 0 Å². The first-order chi connectivity index (χ1) is 9.22. The maximum absolute atomic E-state index is 13.6. The Balaban J connectivity index is 1.64. The number of hydrogen-bond acceptors (Lipinski definition) is 1. The third kappa shape index (κ3) is 3.16. The van der Waals surface area contributed by atoms with Crippen LogP contribution in [0.5, 0.6) is 0 Å². The number of rotatable bonds is 4. The average molecular weight is 320 g/mol. The molecule has 2 aromatic carbocycles. The first kappa shape index (κ1) is 12.7. The van der Waals surface area contributed by atoms with Gasteiger partial charge in [-0.2, -0.15) is 0 Å². The molecule has 3 rings (SSSR count). The molecule has 0 unspecified atom stereocenters. The first-order valence-corrected chi connectivity index (χ1v) is 7.29. The molecule has 0 spiro atoms. The molecule has 0 radical (unpaired) electrons. The third-order valence-electron chi connectivity index (χ3n) is 3.44. The molecule has 1 saturated carbocycles. The summed E-state index contributed by atoms with van der Waals surface area (Å²) in [6.07, 6.45) is 2.64. The van der Waals surface area contributed by atoms with E-state index in [9.17, 15) is 4.39 Å². The van der Waals surface area contributed by atoms with Crippen LogP contribution in [0, 0.1) is 5.82 Å². The van der Waals surface area contributed by atoms with Gasteiger partial charge < -0.3 is 5.32 Å². The fourth-order valence-corrected chi connectivity index (χ4v) is 2.49. The van der Waals surface area contributed by atoms with Gasteiger partial charge in [-0.25, -0.2) is 4.39 Å². The van der Waals surface area contributed by atoms with Crippen molar-refractivity contribution in [2.45, 2.75) is 25.3 Å². The molecule has 1 N–H and O–H groups in total. The maximum atomic E-state index is 13.6. The molecule has 98 valence electrons. The van der Waals surface area contributed by atoms with Gasteiger partial charge in [0.1, 0.15) is 5.82 Å². The largest absolute Gasteiger partial charge is 0.379 e. The van der Waals surface area contributed by atoms with Gasteiger partial charge in [0.2, 0.25) is 0 Å². The summed E-state index contributed by atoms with van der Waals surface area (Å²) in [5.41, 5.74) is 3.14. The van der Waals surface area contributed by atoms with E-state index in [2.05, 4.69) is 45.5 Å². The second kappa shape index (κ2) is 5.33. The number of benzene rings is 2. The summed E-state index contributed by atoms with van der Waals surface area (Å²) < 4.78 is 14.4. The van der Waals surface area contributed by atoms with Crippen LogP contribution in [0.1, 0.15) is 29.9 Å². The van der Waals surface area contributed by atoms with Gasteiger partial charge in [-0.3, -0.25) is 0 Å². The highest BCUT2D eigenvalue weighted by Crippen LogP contribution is 2.39. The van der Waals surface area contributed by atoms with Gasteiger partial charge in [-0.05, 0) is 48.1 Å². The second-order valence-corrected chi connectivity index (χ2v) is 5.91. The normalized spacial score (nSPS) is 14.4. The molecule has 1 nitrogen and oxygen atoms in total. The Hall–Kier alpha value is -1.35. The van der Waals surface area contributed by atoms with Crippen molar-refractivity contribution in [2.24, 2.45) is 0 Å². The van der Waals surface area contributed by atoms with Crippen LogP contribution in [0.2, 0.25) is 0 Å². The van der Waals surface area contributed by atoms with Crippen molar-refractivity contribution in [3.8, 4) is 0 Å². The second-order valence-electron chi connectivity index (χ2n) is 4.99. The minimum absolute atomic E-state index is 0.232. The number of anilines is 1. The third-order valence-corrected chi connectivity index (χ3v) is 3.94. The first-order valence-electron chi connectivity index (χ1n) is 6.50. The maximum Gasteiger partial charge on any atom is 0.147 e. The molecule has 1 aliphatic rings. The van der Waals surface area contributed by atoms with E-state index in [1.807, 2.05) is 6.07 Å². The van der Waals surface area contributed by atoms with E-state index in [-0.39, 0.29) is 5.82 Å². The summed E-state index contributed by atoms with van der Waals surface area (Å²) in [7, 11) is 0. The fourth-order valence-electron chi connectivity index (χ4n) is 2.15. The van der Waals surface area contributed by atoms with Crippen LogP contribution in [0.15, 0.2) is 46.9 Å². The molecular weight excluding hydrogens is 305 g/mol. The monoisotopic (exact) mass is 319 g/mol. The van der Waals surface area contributed by atoms with Gasteiger partial charge in [0.15, 0.2) is 0 Å². The van der Waals surface area contributed by atoms with E-state index in [4.69, 9.17) is 0 Å². The Labute approximate surface area is 121 Å². The summed E-state index contributed by atoms with van der Waals surface area (Å²) in [6, 6.07) is 13.7. The molecule has 0 aliphatic heterocycles. The van der Waals surface area contributed by atoms with Crippen LogP contribution in [-0.4, -0.2) is 0 Å². The molecule has 3 heteroatoms. The van der Waals surface area contributed by atoms with Crippen molar-refractivity contribution >= 4 is 21.6 Å². The minimum atomic E-state index is -0.232. The van der Waals surface area contributed by atoms with Crippen molar-refractivity contribution < 1.29 is 4.39 Å². The predicted octanol–water partition coefficient (Wildman–Crippen LogP) is 5.08. The lowest BCUT2D eigenvalue weighted by Crippen LogP contribution is -2.01. The Morgan fingerprint density at radius 3 is 2.47 bits per heavy atom. The molecule has 0 amide bonds. The summed E-state index contributed by atoms with van der Waals surface area (Å²) in [6.45, 7) is 0.642. The molecule has 0 bridgehead atoms. The Kier molecular flexibility index (Phi) is 3.56. The zero-order chi connectivity index (χ0) is 13.2. The zero-order valence-corrected chi connectivity index (χ0v) is 12.1. The molecule has 0 saturated heterocycles. The zero-order valence-electron chi connectivity index (χ0n) is 10.5. The highest BCUT2D eigenvalue weighted by molar-refractivity contribution is 9.10. The lowest BCUT2D eigenvalue weighted by molar-refractivity contribution is 0.629. The van der Waals surface area contributed by atoms with E-state index >= 15 is 0 Å². The van der Waals surface area contributed by atoms with Crippen molar-refractivity contribution in [3.63, 3.8) is 0 Å². The molecule has 1 aliphatic carbocycles. The van der Waals surface area contributed by atoms with Gasteiger partial charge >= 0.3 is 0 Å². The predicted molar refractivity (Wildman–Crippen MR) is 79.8 cm³/mol. The van der Waals surface area contributed by atoms with Gasteiger partial charge in [-0.15, -0.1) is 0 Å². The lowest BCUT2D eigenvalue weighted by atomic mass is 10.1. The Morgan fingerprint density at radius 1 is 1.11 bits per heavy atom. The molecule has 19 heavy (non-hydrogen) atoms. The van der Waals surface area contributed by atoms with E-state index in [0.29, 0.717) is 12.2 Å². The highest BCUT2D eigenvalue weighted by Gasteiger charge is 2.22. The van der Waals surface area contributed by atoms with Crippen LogP contribution < -0.4 is 5.32 Å². The molecule has 1 fully saturated rings. The highest BCUT2D eigenvalue weighted by atomic mass is 79.9. The minimum Gasteiger partial charge on any atom is -0.379 e. The topological polar surface area (TPSA) is 12.0 Å². The summed E-state index contributed by atoms with van der Waals surface area (Å²) >= 11 is 3.25. The van der Waals surface area contributed by atoms with Crippen LogP contribution in [0.25, 0.3) is 0 Å². The van der Waals surface area contributed by atoms with E-state index in [1.165, 1.54) is 30.0 Å². The standard InChI is InChI=1S/C16H15BrFN/c17-14-7-8-16(15(18)9-14)19-10-11-1-3-12(4-2-11)13-5-6-13/h1-4,7-9,13,19H,5-6,10H2. The molecule has 0 heterocycles. The van der Waals surface area contributed by atoms with Crippen molar-refractivity contribution in [1.82, 2.24) is 0 Å². The van der Waals surface area contributed by atoms with Crippen LogP contribution in [-0.2, 0) is 6.54 Å². The molecular formula is C16H15BrFN. The summed E-state index contributed by atoms with van der Waals surface area (Å²) in [4.78, 5) is 0. The number of halogens is 2. The van der Waals surface area contributed by atoms with Crippen LogP contribution in [0.4, 0.5) is 10.1 Å². The summed E-state index contributed by atoms with van der Waals surface area (Å²) in [5, 5.41) is 3.12. The van der Waals surface area contributed by atoms with Gasteiger partial charge in [0.25, 0.3) is 0 Å². The van der Waals surface area contributed by atoms with E-state index < -0.39 is 0 Å². The number of nitrogens with one attached hydrogen (secondary N) is 1. The van der Waals surface area contributed by atoms with E-state index in [0.717, 1.165) is 10.4 Å². The fraction of sp³-hybridized carbons (Fsp3) is 0.250. The van der Waals surface area contributed by atoms with E-state index in [1.54, 1.807) is 6.07 Å². The smallest absolute Gasteiger partial charge is 0.147 e. The average Bonchev–Trinajstić information content (AvgIpc) is 3.23. The Bertz CT molecular complexity index is 576. The van der Waals surface area contributed by atoms with Gasteiger partial charge in [-0.1, -0.05) is 40.2 Å². The number of hydrogen-bond donors (Lipinski definition) is 1. The van der Waals surface area contributed by atoms with Crippen LogP contribution >= 0.6 is 15.9 Å². The van der Waals surface area contributed by atoms with Crippen molar-refractivity contribution in [3.05, 3.63) is 63.9 Å². The van der Waals surface area contributed by atoms with Crippen molar-refractivity contribution in [2.75, 3.05) is 5.32 Å². The van der Waals surface area contributed by atoms with Crippen molar-refractivity contribution in [1.29, 1.82) is 0 Å².